The van der Waals surface area contributed by atoms with E-state index < -0.39 is 11.6 Å². The van der Waals surface area contributed by atoms with E-state index in [2.05, 4.69) is 77.3 Å². The van der Waals surface area contributed by atoms with Crippen molar-refractivity contribution in [2.75, 3.05) is 82.1 Å². The van der Waals surface area contributed by atoms with Gasteiger partial charge in [0.2, 0.25) is 29.5 Å². The molecule has 0 fully saturated rings. The van der Waals surface area contributed by atoms with Gasteiger partial charge in [0, 0.05) is 70.0 Å². The quantitative estimate of drug-likeness (QED) is 0.0170. The molecule has 5 aromatic carbocycles. The number of rotatable bonds is 40. The molecule has 25 nitrogen and oxygen atoms in total. The number of amides is 5. The van der Waals surface area contributed by atoms with Crippen molar-refractivity contribution in [3.8, 4) is 0 Å². The molecule has 0 saturated heterocycles. The fourth-order valence-electron chi connectivity index (χ4n) is 15.8. The standard InChI is InChI=1S/C22H25ClFN3O2S.C22H26ClN3O2S.C22H26FN3O2S.C21H23ClFN3O2S.C21H24ClN3O2S/c1-13-20(12-28)30-22(25-13)19(8-9-27(2)3)26-21(29)16-5-4-14(10-16)15-6-7-17(23)18(24)11-15;1-14-20(13-27)29-22(24-14)19(10-11-26(2)3)25-21(28)17-5-4-16(12-17)15-6-8-18(23)9-7-15;1-13-4-5-16(11-18(13)23)15-6-7-17(10-15)21(28)26-19(8-9-24-3)22-25-14(2)20(12-27)29-22;1-12-19(11-27)29-21(25-12)18(7-8-24-2)26-20(28)15-4-3-13(9-15)14-5-6-16(22)17(23)10-14;1-13-19(12-26)28-21(24-13)18(9-10-23-2)25-20(27)16-4-3-15(11-16)14-5-7-17(22)8-6-14/h4-7,11,19,28H,8-10,12H2,1-3H3,(H,26,29);4-9,19,27H,10-13H2,1-3H3,(H,25,28);4-7,11,19,24,27H,8-10,12H2,1-3H3,(H,26,28);3-6,10,18,24,27H,7-9,11H2,1-2H3,(H,26,28);3-8,18,23,26H,9-12H2,1-2H3,(H,25,27). The molecule has 5 aliphatic carbocycles. The zero-order valence-corrected chi connectivity index (χ0v) is 90.3. The lowest BCUT2D eigenvalue weighted by molar-refractivity contribution is -0.119. The topological polar surface area (TPSA) is 354 Å². The second-order valence-electron chi connectivity index (χ2n) is 35.6. The lowest BCUT2D eigenvalue weighted by atomic mass is 10.0. The van der Waals surface area contributed by atoms with E-state index >= 15 is 0 Å². The maximum absolute atomic E-state index is 13.9. The minimum atomic E-state index is -0.478. The summed E-state index contributed by atoms with van der Waals surface area (Å²) in [7, 11) is 13.6. The van der Waals surface area contributed by atoms with E-state index in [1.165, 1.54) is 87.0 Å². The number of hydrogen-bond donors (Lipinski definition) is 13. The van der Waals surface area contributed by atoms with Gasteiger partial charge >= 0.3 is 0 Å². The highest BCUT2D eigenvalue weighted by Crippen LogP contribution is 2.40. The Morgan fingerprint density at radius 1 is 0.324 bits per heavy atom. The highest BCUT2D eigenvalue weighted by atomic mass is 35.5. The molecule has 770 valence electrons. The molecule has 5 amide bonds. The number of allylic oxidation sites excluding steroid dienone is 15. The summed E-state index contributed by atoms with van der Waals surface area (Å²) in [6.45, 7) is 14.6. The van der Waals surface area contributed by atoms with Crippen LogP contribution in [0.1, 0.15) is 206 Å². The predicted octanol–water partition coefficient (Wildman–Crippen LogP) is 19.6. The highest BCUT2D eigenvalue weighted by Gasteiger charge is 2.32. The third kappa shape index (κ3) is 32.8. The van der Waals surface area contributed by atoms with E-state index in [1.54, 1.807) is 43.4 Å². The maximum atomic E-state index is 13.9. The van der Waals surface area contributed by atoms with E-state index in [-0.39, 0.29) is 109 Å². The van der Waals surface area contributed by atoms with Crippen LogP contribution in [0.3, 0.4) is 0 Å². The van der Waals surface area contributed by atoms with Crippen LogP contribution >= 0.6 is 103 Å². The van der Waals surface area contributed by atoms with Crippen LogP contribution < -0.4 is 42.5 Å². The van der Waals surface area contributed by atoms with E-state index in [9.17, 15) is 62.7 Å². The van der Waals surface area contributed by atoms with Gasteiger partial charge in [0.15, 0.2) is 0 Å². The van der Waals surface area contributed by atoms with E-state index in [0.29, 0.717) is 101 Å². The lowest BCUT2D eigenvalue weighted by Gasteiger charge is -2.19. The normalized spacial score (nSPS) is 14.6. The lowest BCUT2D eigenvalue weighted by Crippen LogP contribution is -2.31. The molecule has 5 atom stereocenters. The number of aromatic nitrogens is 5. The monoisotopic (exact) mass is 2150 g/mol. The van der Waals surface area contributed by atoms with Crippen LogP contribution in [0.15, 0.2) is 192 Å². The second-order valence-corrected chi connectivity index (χ2v) is 42.9. The van der Waals surface area contributed by atoms with E-state index in [0.717, 1.165) is 173 Å². The van der Waals surface area contributed by atoms with Crippen LogP contribution in [0.2, 0.25) is 20.1 Å². The first kappa shape index (κ1) is 115. The molecule has 5 heterocycles. The molecule has 5 aliphatic rings. The fourth-order valence-corrected chi connectivity index (χ4v) is 21.4. The Morgan fingerprint density at radius 2 is 0.545 bits per heavy atom. The largest absolute Gasteiger partial charge is 0.391 e. The Labute approximate surface area is 885 Å². The van der Waals surface area contributed by atoms with Crippen molar-refractivity contribution in [3.63, 3.8) is 0 Å². The van der Waals surface area contributed by atoms with Crippen LogP contribution in [0.4, 0.5) is 13.2 Å². The smallest absolute Gasteiger partial charge is 0.248 e. The van der Waals surface area contributed by atoms with Gasteiger partial charge in [0.1, 0.15) is 42.5 Å². The molecule has 5 aromatic heterocycles. The summed E-state index contributed by atoms with van der Waals surface area (Å²) in [5.41, 5.74) is 17.2. The summed E-state index contributed by atoms with van der Waals surface area (Å²) in [5, 5.41) is 77.7. The van der Waals surface area contributed by atoms with Gasteiger partial charge in [-0.25, -0.2) is 38.1 Å². The average molecular weight is 2150 g/mol. The third-order valence-corrected chi connectivity index (χ3v) is 31.8. The number of aliphatic hydroxyl groups excluding tert-OH is 5. The van der Waals surface area contributed by atoms with E-state index in [1.807, 2.05) is 181 Å². The molecular formula is C108H124Cl4F3N15O10S5. The molecule has 0 spiro atoms. The first-order valence-corrected chi connectivity index (χ1v) is 52.9. The van der Waals surface area contributed by atoms with Crippen LogP contribution in [-0.2, 0) is 57.0 Å². The van der Waals surface area contributed by atoms with Gasteiger partial charge in [-0.05, 0) is 272 Å². The molecule has 37 heteroatoms. The average Bonchev–Trinajstić information content (AvgIpc) is 1.70. The number of halogens is 7. The van der Waals surface area contributed by atoms with Crippen molar-refractivity contribution < 1.29 is 62.7 Å². The summed E-state index contributed by atoms with van der Waals surface area (Å²) >= 11 is 30.6. The van der Waals surface area contributed by atoms with E-state index in [4.69, 9.17) is 46.4 Å². The van der Waals surface area contributed by atoms with Crippen molar-refractivity contribution in [1.29, 1.82) is 0 Å². The number of nitrogens with zero attached hydrogens (tertiary/aromatic N) is 7. The van der Waals surface area contributed by atoms with Gasteiger partial charge in [-0.2, -0.15) is 0 Å². The Kier molecular flexibility index (Phi) is 44.4. The van der Waals surface area contributed by atoms with Crippen molar-refractivity contribution in [3.05, 3.63) is 341 Å². The fraction of sp³-hybridized carbons (Fsp3) is 0.352. The molecule has 13 N–H and O–H groups in total. The summed E-state index contributed by atoms with van der Waals surface area (Å²) < 4.78 is 41.4. The Bertz CT molecular complexity index is 6420. The number of benzene rings is 5. The first-order valence-electron chi connectivity index (χ1n) is 47.3. The Balaban J connectivity index is 0.000000173. The summed E-state index contributed by atoms with van der Waals surface area (Å²) in [4.78, 5) is 95.5. The van der Waals surface area contributed by atoms with Crippen molar-refractivity contribution >= 4 is 160 Å². The molecular weight excluding hydrogens is 2030 g/mol. The summed E-state index contributed by atoms with van der Waals surface area (Å²) in [6, 6.07) is 28.6. The number of nitrogens with one attached hydrogen (secondary N) is 8. The van der Waals surface area contributed by atoms with Crippen molar-refractivity contribution in [2.45, 2.75) is 169 Å². The molecule has 145 heavy (non-hydrogen) atoms. The second kappa shape index (κ2) is 56.1. The zero-order chi connectivity index (χ0) is 105. The highest BCUT2D eigenvalue weighted by molar-refractivity contribution is 7.13. The molecule has 15 rings (SSSR count). The molecule has 0 saturated carbocycles. The van der Waals surface area contributed by atoms with Crippen LogP contribution in [0, 0.1) is 59.0 Å². The molecule has 10 aromatic rings. The Morgan fingerprint density at radius 3 is 0.759 bits per heavy atom. The SMILES string of the molecule is CNCCC(NC(=O)C1=CC=C(c2ccc(C)c(F)c2)C1)c1nc(C)c(CO)s1.CNCCC(NC(=O)C1=CC=C(c2ccc(Cl)c(F)c2)C1)c1nc(C)c(CO)s1.CNCCC(NC(=O)C1=CC=C(c2ccc(Cl)cc2)C1)c1nc(C)c(CO)s1.Cc1nc(C(CCN(C)C)NC(=O)C2=CC=C(c3ccc(Cl)c(F)c3)C2)sc1CO.Cc1nc(C(CCN(C)C)NC(=O)C2=CC=C(c3ccc(Cl)cc3)C2)sc1CO. The van der Waals surface area contributed by atoms with Gasteiger partial charge < -0.3 is 77.9 Å². The van der Waals surface area contributed by atoms with Crippen LogP contribution in [-0.4, -0.2) is 172 Å². The minimum absolute atomic E-state index is 0.0304. The van der Waals surface area contributed by atoms with Crippen LogP contribution in [0.5, 0.6) is 0 Å². The third-order valence-electron chi connectivity index (χ3n) is 24.4. The molecule has 0 radical (unpaired) electrons. The van der Waals surface area contributed by atoms with Gasteiger partial charge in [-0.1, -0.05) is 156 Å². The summed E-state index contributed by atoms with van der Waals surface area (Å²) in [5.74, 6) is -1.85. The molecule has 5 unspecified atom stereocenters. The first-order chi connectivity index (χ1) is 69.5. The Hall–Kier alpha value is -10.5. The number of thiazole rings is 5. The number of aryl methyl sites for hydroxylation is 6. The molecule has 0 aliphatic heterocycles. The minimum Gasteiger partial charge on any atom is -0.391 e. The number of carbonyl (C=O) groups excluding carboxylic acids is 5. The predicted molar refractivity (Wildman–Crippen MR) is 581 cm³/mol. The van der Waals surface area contributed by atoms with Crippen molar-refractivity contribution in [2.24, 2.45) is 0 Å². The van der Waals surface area contributed by atoms with Gasteiger partial charge in [0.25, 0.3) is 0 Å². The van der Waals surface area contributed by atoms with Crippen molar-refractivity contribution in [1.82, 2.24) is 77.3 Å². The van der Waals surface area contributed by atoms with Gasteiger partial charge in [0.05, 0.1) is 126 Å². The van der Waals surface area contributed by atoms with Gasteiger partial charge in [-0.15, -0.1) is 56.7 Å². The summed E-state index contributed by atoms with van der Waals surface area (Å²) in [6.07, 6.45) is 24.6. The van der Waals surface area contributed by atoms with Crippen LogP contribution in [0.25, 0.3) is 27.9 Å². The maximum Gasteiger partial charge on any atom is 0.248 e. The zero-order valence-electron chi connectivity index (χ0n) is 83.2. The number of aliphatic hydroxyl groups is 5. The van der Waals surface area contributed by atoms with Gasteiger partial charge in [-0.3, -0.25) is 24.0 Å². The molecule has 0 bridgehead atoms. The number of hydrogen-bond acceptors (Lipinski definition) is 25. The number of carbonyl (C=O) groups is 5.